The summed E-state index contributed by atoms with van der Waals surface area (Å²) in [5.74, 6) is -71.8. The first-order chi connectivity index (χ1) is 30.8. The van der Waals surface area contributed by atoms with Crippen molar-refractivity contribution in [1.29, 1.82) is 10.5 Å². The fourth-order valence-electron chi connectivity index (χ4n) is 6.31. The Morgan fingerprint density at radius 2 is 0.576 bits per heavy atom. The van der Waals surface area contributed by atoms with Crippen molar-refractivity contribution in [1.82, 2.24) is 0 Å². The third-order valence-electron chi connectivity index (χ3n) is 9.07. The molecule has 66 heavy (non-hydrogen) atoms. The van der Waals surface area contributed by atoms with Crippen LogP contribution < -0.4 is 43.1 Å². The van der Waals surface area contributed by atoms with Crippen molar-refractivity contribution < 1.29 is 127 Å². The molecule has 2 aromatic heterocycles. The summed E-state index contributed by atoms with van der Waals surface area (Å²) in [6, 6.07) is 9.92. The number of halogens is 21. The zero-order valence-corrected chi connectivity index (χ0v) is 32.9. The van der Waals surface area contributed by atoms with Crippen molar-refractivity contribution in [2.24, 2.45) is 0 Å². The van der Waals surface area contributed by atoms with Crippen LogP contribution in [0.1, 0.15) is 34.0 Å². The third kappa shape index (κ3) is 8.10. The fraction of sp³-hybridized carbons (Fsp3) is 0.0526. The molecule has 6 nitrogen and oxygen atoms in total. The van der Waals surface area contributed by atoms with Gasteiger partial charge >= 0.3 is 28.7 Å². The molecule has 6 rings (SSSR count). The van der Waals surface area contributed by atoms with Crippen molar-refractivity contribution in [3.05, 3.63) is 160 Å². The van der Waals surface area contributed by atoms with Crippen LogP contribution in [0.25, 0.3) is 0 Å². The number of carbonyl (C=O) groups is 2. The van der Waals surface area contributed by atoms with Crippen LogP contribution in [0.3, 0.4) is 0 Å². The Balaban J connectivity index is 0.000000324. The van der Waals surface area contributed by atoms with Crippen LogP contribution in [-0.4, -0.2) is 17.7 Å². The van der Waals surface area contributed by atoms with Crippen LogP contribution in [0, 0.1) is 147 Å². The van der Waals surface area contributed by atoms with E-state index in [2.05, 4.69) is 0 Å². The Labute approximate surface area is 361 Å². The van der Waals surface area contributed by atoms with Crippen molar-refractivity contribution in [2.45, 2.75) is 12.8 Å². The van der Waals surface area contributed by atoms with Crippen molar-refractivity contribution in [3.8, 4) is 12.1 Å². The number of rotatable bonds is 10. The van der Waals surface area contributed by atoms with E-state index in [4.69, 9.17) is 19.4 Å². The molecular weight excluding hydrogens is 1070 g/mol. The van der Waals surface area contributed by atoms with Crippen LogP contribution >= 0.6 is 0 Å². The lowest BCUT2D eigenvalue weighted by molar-refractivity contribution is -0.636. The van der Waals surface area contributed by atoms with Crippen LogP contribution in [0.2, 0.25) is 0 Å². The minimum absolute atomic E-state index is 0.151. The zero-order chi connectivity index (χ0) is 49.6. The molecule has 0 N–H and O–H groups in total. The van der Waals surface area contributed by atoms with E-state index in [1.165, 1.54) is 12.1 Å². The topological polar surface area (TPSA) is 108 Å². The summed E-state index contributed by atoms with van der Waals surface area (Å²) in [5.41, 5.74) is -14.3. The van der Waals surface area contributed by atoms with Crippen LogP contribution in [0.15, 0.2) is 33.1 Å². The summed E-state index contributed by atoms with van der Waals surface area (Å²) < 4.78 is 306. The Bertz CT molecular complexity index is 2660. The second kappa shape index (κ2) is 18.9. The molecule has 0 aliphatic heterocycles. The molecule has 28 heteroatoms. The normalized spacial score (nSPS) is 11.3. The predicted molar refractivity (Wildman–Crippen MR) is 173 cm³/mol. The summed E-state index contributed by atoms with van der Waals surface area (Å²) in [6.07, 6.45) is -7.66. The fourth-order valence-corrected chi connectivity index (χ4v) is 8.25. The average molecular weight is 1070 g/mol. The summed E-state index contributed by atoms with van der Waals surface area (Å²) in [4.78, 5) is 22.9. The average Bonchev–Trinajstić information content (AvgIpc) is 3.97. The van der Waals surface area contributed by atoms with Crippen LogP contribution in [-0.2, 0) is 0 Å². The number of nitrogens with zero attached hydrogens (tertiary/aromatic N) is 2. The zero-order valence-electron chi connectivity index (χ0n) is 30.8. The third-order valence-corrected chi connectivity index (χ3v) is 11.3. The first-order valence-electron chi connectivity index (χ1n) is 16.7. The van der Waals surface area contributed by atoms with Crippen LogP contribution in [0.5, 0.6) is 0 Å². The molecule has 0 saturated carbocycles. The molecule has 2 heterocycles. The minimum atomic E-state index is -7.22. The van der Waals surface area contributed by atoms with E-state index < -0.39 is 166 Å². The van der Waals surface area contributed by atoms with E-state index in [0.717, 1.165) is 0 Å². The molecule has 0 aliphatic carbocycles. The molecule has 0 spiro atoms. The number of Topliss-reactive ketones (excluding diaryl/α,β-unsaturated/α-hetero) is 2. The molecule has 6 aromatic rings. The standard InChI is InChI=1S/C24BF20.C14H8IN2O4/c26-5-1(6(27)14(35)21(42)13(5)34)25(2-7(28)15(36)22(43)16(37)8(2)29,3-9(30)17(38)23(44)18(39)10(3)31)4-11(32)19(40)24(45)20(41)12(4)33;16-7-5-9(18)11-1-3-13(20-11)15-14-4-2-12(21-14)10(19)6-8-17/h;1-4H,5-6H2/q-1;+1. The number of benzene rings is 4. The van der Waals surface area contributed by atoms with Gasteiger partial charge in [0.2, 0.25) is 11.6 Å². The van der Waals surface area contributed by atoms with Crippen LogP contribution in [0.4, 0.5) is 87.8 Å². The Morgan fingerprint density at radius 3 is 0.773 bits per heavy atom. The molecule has 0 saturated heterocycles. The maximum Gasteiger partial charge on any atom is 0.443 e. The van der Waals surface area contributed by atoms with Gasteiger partial charge in [-0.2, -0.15) is 10.5 Å². The highest BCUT2D eigenvalue weighted by atomic mass is 127. The summed E-state index contributed by atoms with van der Waals surface area (Å²) >= 11 is -0.804. The van der Waals surface area contributed by atoms with Gasteiger partial charge in [0.1, 0.15) is 65.5 Å². The van der Waals surface area contributed by atoms with Gasteiger partial charge in [0.15, 0.2) is 81.3 Å². The summed E-state index contributed by atoms with van der Waals surface area (Å²) in [6.45, 7) is 0. The molecule has 344 valence electrons. The van der Waals surface area contributed by atoms with Gasteiger partial charge in [-0.25, -0.2) is 87.8 Å². The number of nitriles is 2. The maximum atomic E-state index is 15.4. The molecule has 0 unspecified atom stereocenters. The second-order valence-corrected chi connectivity index (χ2v) is 15.3. The minimum Gasteiger partial charge on any atom is -0.415 e. The smallest absolute Gasteiger partial charge is 0.415 e. The van der Waals surface area contributed by atoms with E-state index in [9.17, 15) is 62.3 Å². The van der Waals surface area contributed by atoms with Crippen molar-refractivity contribution in [3.63, 3.8) is 0 Å². The van der Waals surface area contributed by atoms with Gasteiger partial charge in [-0.15, -0.1) is 21.9 Å². The molecule has 0 fully saturated rings. The van der Waals surface area contributed by atoms with Gasteiger partial charge in [-0.3, -0.25) is 9.59 Å². The highest BCUT2D eigenvalue weighted by Gasteiger charge is 2.52. The summed E-state index contributed by atoms with van der Waals surface area (Å²) in [7, 11) is 0. The largest absolute Gasteiger partial charge is 0.443 e. The molecule has 0 bridgehead atoms. The Hall–Kier alpha value is -6.85. The van der Waals surface area contributed by atoms with Gasteiger partial charge in [-0.05, 0) is 12.1 Å². The van der Waals surface area contributed by atoms with E-state index >= 15 is 35.1 Å². The van der Waals surface area contributed by atoms with Gasteiger partial charge in [0, 0.05) is 12.1 Å². The maximum absolute atomic E-state index is 15.4. The van der Waals surface area contributed by atoms with Gasteiger partial charge in [0.05, 0.1) is 12.1 Å². The Morgan fingerprint density at radius 1 is 0.379 bits per heavy atom. The lowest BCUT2D eigenvalue weighted by atomic mass is 9.12. The first-order valence-corrected chi connectivity index (χ1v) is 18.9. The van der Waals surface area contributed by atoms with Gasteiger partial charge < -0.3 is 8.83 Å². The molecule has 0 radical (unpaired) electrons. The lowest BCUT2D eigenvalue weighted by Crippen LogP contribution is -3.61. The summed E-state index contributed by atoms with van der Waals surface area (Å²) in [5, 5.41) is 16.9. The number of ketones is 2. The number of hydrogen-bond donors (Lipinski definition) is 0. The SMILES string of the molecule is Fc1c(F)c(F)c([B-](c2c(F)c(F)c(F)c(F)c2F)(c2c(F)c(F)c(F)c(F)c2F)c2c(F)c(F)c(F)c(F)c2F)c(F)c1F.N#CCC(=O)c1ccc([I+]c2ccc(C(=O)CC#N)o2)o1. The lowest BCUT2D eigenvalue weighted by Gasteiger charge is -2.44. The molecule has 0 atom stereocenters. The molecule has 4 aromatic carbocycles. The second-order valence-electron chi connectivity index (χ2n) is 12.6. The molecular formula is C38H8BF20IN2O4. The van der Waals surface area contributed by atoms with Crippen molar-refractivity contribution in [2.75, 3.05) is 0 Å². The van der Waals surface area contributed by atoms with E-state index in [0.29, 0.717) is 7.53 Å². The quantitative estimate of drug-likeness (QED) is 0.0476. The van der Waals surface area contributed by atoms with Crippen molar-refractivity contribution >= 4 is 39.6 Å². The number of carbonyl (C=O) groups excluding carboxylic acids is 2. The highest BCUT2D eigenvalue weighted by molar-refractivity contribution is 7.20. The highest BCUT2D eigenvalue weighted by Crippen LogP contribution is 2.31. The van der Waals surface area contributed by atoms with E-state index in [1.807, 2.05) is 0 Å². The molecule has 0 aliphatic rings. The van der Waals surface area contributed by atoms with Gasteiger partial charge in [0.25, 0.3) is 0 Å². The monoisotopic (exact) mass is 1070 g/mol. The number of hydrogen-bond acceptors (Lipinski definition) is 6. The van der Waals surface area contributed by atoms with E-state index in [1.54, 1.807) is 24.3 Å². The molecule has 0 amide bonds. The van der Waals surface area contributed by atoms with Gasteiger partial charge in [-0.1, -0.05) is 0 Å². The predicted octanol–water partition coefficient (Wildman–Crippen LogP) is 5.04. The number of furan rings is 2. The van der Waals surface area contributed by atoms with E-state index in [-0.39, 0.29) is 35.9 Å². The first kappa shape index (κ1) is 50.2. The Kier molecular flexibility index (Phi) is 14.4.